The number of hydrogen-bond acceptors (Lipinski definition) is 3. The van der Waals surface area contributed by atoms with Gasteiger partial charge in [0, 0.05) is 0 Å². The molecule has 0 radical (unpaired) electrons. The lowest BCUT2D eigenvalue weighted by Crippen LogP contribution is -2.38. The van der Waals surface area contributed by atoms with Crippen molar-refractivity contribution in [3.8, 4) is 0 Å². The summed E-state index contributed by atoms with van der Waals surface area (Å²) in [5, 5.41) is 8.67. The molecule has 0 saturated carbocycles. The zero-order valence-corrected chi connectivity index (χ0v) is 10.5. The second-order valence-corrected chi connectivity index (χ2v) is 5.40. The van der Waals surface area contributed by atoms with Crippen LogP contribution >= 0.6 is 0 Å². The predicted molar refractivity (Wildman–Crippen MR) is 63.2 cm³/mol. The van der Waals surface area contributed by atoms with Crippen molar-refractivity contribution < 1.29 is 18.3 Å². The lowest BCUT2D eigenvalue weighted by atomic mass is 10.2. The van der Waals surface area contributed by atoms with Gasteiger partial charge >= 0.3 is 5.97 Å². The number of benzene rings is 1. The molecular formula is C11H15NO4S. The van der Waals surface area contributed by atoms with Crippen LogP contribution in [0.1, 0.15) is 19.4 Å². The molecule has 2 N–H and O–H groups in total. The third-order valence-corrected chi connectivity index (χ3v) is 3.86. The van der Waals surface area contributed by atoms with E-state index in [1.807, 2.05) is 13.0 Å². The molecular weight excluding hydrogens is 242 g/mol. The molecule has 0 unspecified atom stereocenters. The topological polar surface area (TPSA) is 83.5 Å². The summed E-state index contributed by atoms with van der Waals surface area (Å²) in [5.41, 5.74) is 0.885. The van der Waals surface area contributed by atoms with Gasteiger partial charge in [-0.1, -0.05) is 19.1 Å². The Morgan fingerprint density at radius 1 is 1.47 bits per heavy atom. The van der Waals surface area contributed by atoms with Crippen LogP contribution in [0.2, 0.25) is 0 Å². The molecule has 6 heteroatoms. The zero-order valence-electron chi connectivity index (χ0n) is 9.67. The highest BCUT2D eigenvalue weighted by molar-refractivity contribution is 7.89. The molecule has 0 aliphatic carbocycles. The summed E-state index contributed by atoms with van der Waals surface area (Å²) in [7, 11) is -3.77. The van der Waals surface area contributed by atoms with Crippen LogP contribution in [0.5, 0.6) is 0 Å². The number of nitrogens with one attached hydrogen (secondary N) is 1. The standard InChI is InChI=1S/C11H15NO4S/c1-3-9-5-4-6-10(7-9)17(15,16)12-8(2)11(13)14/h4-8,12H,3H2,1-2H3,(H,13,14)/t8-/m0/s1. The van der Waals surface area contributed by atoms with Crippen molar-refractivity contribution in [3.63, 3.8) is 0 Å². The van der Waals surface area contributed by atoms with Gasteiger partial charge < -0.3 is 5.11 Å². The second-order valence-electron chi connectivity index (χ2n) is 3.68. The Kier molecular flexibility index (Phi) is 4.25. The molecule has 17 heavy (non-hydrogen) atoms. The summed E-state index contributed by atoms with van der Waals surface area (Å²) in [6.45, 7) is 3.20. The quantitative estimate of drug-likeness (QED) is 0.824. The van der Waals surface area contributed by atoms with Gasteiger partial charge in [0.1, 0.15) is 6.04 Å². The van der Waals surface area contributed by atoms with Gasteiger partial charge in [-0.15, -0.1) is 0 Å². The van der Waals surface area contributed by atoms with E-state index in [9.17, 15) is 13.2 Å². The van der Waals surface area contributed by atoms with Crippen LogP contribution in [0.4, 0.5) is 0 Å². The molecule has 1 rings (SSSR count). The average molecular weight is 257 g/mol. The normalized spacial score (nSPS) is 13.3. The Morgan fingerprint density at radius 3 is 2.65 bits per heavy atom. The van der Waals surface area contributed by atoms with Gasteiger partial charge in [0.05, 0.1) is 4.90 Å². The Labute approximate surface area is 101 Å². The van der Waals surface area contributed by atoms with Crippen molar-refractivity contribution >= 4 is 16.0 Å². The van der Waals surface area contributed by atoms with Gasteiger partial charge in [-0.3, -0.25) is 4.79 Å². The fourth-order valence-corrected chi connectivity index (χ4v) is 2.55. The number of carboxylic acids is 1. The molecule has 0 aliphatic heterocycles. The fourth-order valence-electron chi connectivity index (χ4n) is 1.28. The van der Waals surface area contributed by atoms with E-state index in [1.165, 1.54) is 19.1 Å². The van der Waals surface area contributed by atoms with Crippen molar-refractivity contribution in [2.24, 2.45) is 0 Å². The average Bonchev–Trinajstić information content (AvgIpc) is 2.28. The van der Waals surface area contributed by atoms with Gasteiger partial charge in [0.15, 0.2) is 0 Å². The van der Waals surface area contributed by atoms with Gasteiger partial charge in [-0.05, 0) is 31.0 Å². The Morgan fingerprint density at radius 2 is 2.12 bits per heavy atom. The Balaban J connectivity index is 3.01. The van der Waals surface area contributed by atoms with E-state index in [1.54, 1.807) is 6.07 Å². The lowest BCUT2D eigenvalue weighted by molar-refractivity contribution is -0.138. The summed E-state index contributed by atoms with van der Waals surface area (Å²) >= 11 is 0. The maximum absolute atomic E-state index is 11.8. The van der Waals surface area contributed by atoms with Crippen molar-refractivity contribution in [1.29, 1.82) is 0 Å². The van der Waals surface area contributed by atoms with E-state index in [0.29, 0.717) is 0 Å². The van der Waals surface area contributed by atoms with E-state index in [4.69, 9.17) is 5.11 Å². The van der Waals surface area contributed by atoms with Crippen molar-refractivity contribution in [3.05, 3.63) is 29.8 Å². The van der Waals surface area contributed by atoms with Crippen LogP contribution in [0, 0.1) is 0 Å². The number of aliphatic carboxylic acids is 1. The summed E-state index contributed by atoms with van der Waals surface area (Å²) in [6, 6.07) is 5.29. The highest BCUT2D eigenvalue weighted by Crippen LogP contribution is 2.12. The fraction of sp³-hybridized carbons (Fsp3) is 0.364. The number of carboxylic acid groups (broad SMARTS) is 1. The summed E-state index contributed by atoms with van der Waals surface area (Å²) in [4.78, 5) is 10.7. The number of aryl methyl sites for hydroxylation is 1. The molecule has 0 aliphatic rings. The molecule has 5 nitrogen and oxygen atoms in total. The second kappa shape index (κ2) is 5.29. The van der Waals surface area contributed by atoms with Crippen molar-refractivity contribution in [2.75, 3.05) is 0 Å². The van der Waals surface area contributed by atoms with E-state index < -0.39 is 22.0 Å². The van der Waals surface area contributed by atoms with Gasteiger partial charge in [-0.25, -0.2) is 8.42 Å². The van der Waals surface area contributed by atoms with E-state index in [2.05, 4.69) is 4.72 Å². The highest BCUT2D eigenvalue weighted by atomic mass is 32.2. The first-order valence-corrected chi connectivity index (χ1v) is 6.69. The van der Waals surface area contributed by atoms with E-state index >= 15 is 0 Å². The molecule has 1 atom stereocenters. The minimum Gasteiger partial charge on any atom is -0.480 e. The highest BCUT2D eigenvalue weighted by Gasteiger charge is 2.21. The molecule has 0 spiro atoms. The lowest BCUT2D eigenvalue weighted by Gasteiger charge is -2.10. The predicted octanol–water partition coefficient (Wildman–Crippen LogP) is 1.00. The Hall–Kier alpha value is -1.40. The summed E-state index contributed by atoms with van der Waals surface area (Å²) in [6.07, 6.45) is 0.720. The van der Waals surface area contributed by atoms with E-state index in [-0.39, 0.29) is 4.90 Å². The smallest absolute Gasteiger partial charge is 0.321 e. The first-order valence-electron chi connectivity index (χ1n) is 5.21. The van der Waals surface area contributed by atoms with Crippen LogP contribution in [-0.4, -0.2) is 25.5 Å². The van der Waals surface area contributed by atoms with E-state index in [0.717, 1.165) is 12.0 Å². The number of hydrogen-bond donors (Lipinski definition) is 2. The Bertz CT molecular complexity index is 510. The summed E-state index contributed by atoms with van der Waals surface area (Å²) in [5.74, 6) is -1.21. The molecule has 0 fully saturated rings. The van der Waals surface area contributed by atoms with Crippen molar-refractivity contribution in [1.82, 2.24) is 4.72 Å². The van der Waals surface area contributed by atoms with Crippen LogP contribution < -0.4 is 4.72 Å². The van der Waals surface area contributed by atoms with Gasteiger partial charge in [0.2, 0.25) is 10.0 Å². The van der Waals surface area contributed by atoms with Crippen molar-refractivity contribution in [2.45, 2.75) is 31.2 Å². The first-order chi connectivity index (χ1) is 7.86. The molecule has 0 saturated heterocycles. The van der Waals surface area contributed by atoms with Crippen LogP contribution in [0.3, 0.4) is 0 Å². The van der Waals surface area contributed by atoms with Crippen LogP contribution in [0.15, 0.2) is 29.2 Å². The minimum atomic E-state index is -3.77. The molecule has 0 bridgehead atoms. The third kappa shape index (κ3) is 3.54. The SMILES string of the molecule is CCc1cccc(S(=O)(=O)N[C@@H](C)C(=O)O)c1. The summed E-state index contributed by atoms with van der Waals surface area (Å²) < 4.78 is 25.8. The maximum Gasteiger partial charge on any atom is 0.321 e. The first kappa shape index (κ1) is 13.7. The minimum absolute atomic E-state index is 0.0879. The third-order valence-electron chi connectivity index (χ3n) is 2.32. The molecule has 0 aromatic heterocycles. The molecule has 94 valence electrons. The van der Waals surface area contributed by atoms with Crippen LogP contribution in [-0.2, 0) is 21.2 Å². The molecule has 0 amide bonds. The molecule has 1 aromatic carbocycles. The number of rotatable bonds is 5. The van der Waals surface area contributed by atoms with Crippen LogP contribution in [0.25, 0.3) is 0 Å². The zero-order chi connectivity index (χ0) is 13.1. The number of sulfonamides is 1. The monoisotopic (exact) mass is 257 g/mol. The maximum atomic E-state index is 11.8. The van der Waals surface area contributed by atoms with Gasteiger partial charge in [-0.2, -0.15) is 4.72 Å². The molecule has 1 aromatic rings. The largest absolute Gasteiger partial charge is 0.480 e. The van der Waals surface area contributed by atoms with Gasteiger partial charge in [0.25, 0.3) is 0 Å². The number of carbonyl (C=O) groups is 1. The molecule has 0 heterocycles.